The van der Waals surface area contributed by atoms with E-state index in [0.29, 0.717) is 11.4 Å². The third-order valence-electron chi connectivity index (χ3n) is 2.43. The lowest BCUT2D eigenvalue weighted by Crippen LogP contribution is -2.20. The molecule has 1 atom stereocenters. The van der Waals surface area contributed by atoms with Crippen LogP contribution in [0.5, 0.6) is 5.88 Å². The molecule has 96 valence electrons. The van der Waals surface area contributed by atoms with Crippen molar-refractivity contribution in [3.8, 4) is 5.88 Å². The van der Waals surface area contributed by atoms with Crippen LogP contribution in [0.4, 0.5) is 13.2 Å². The first-order valence-corrected chi connectivity index (χ1v) is 5.21. The number of hydrogen-bond donors (Lipinski definition) is 1. The first-order valence-electron chi connectivity index (χ1n) is 5.21. The number of nitrogens with one attached hydrogen (secondary N) is 1. The quantitative estimate of drug-likeness (QED) is 0.870. The van der Waals surface area contributed by atoms with Gasteiger partial charge in [0.15, 0.2) is 0 Å². The van der Waals surface area contributed by atoms with Gasteiger partial charge in [0.05, 0.1) is 7.11 Å². The molecule has 0 aliphatic carbocycles. The van der Waals surface area contributed by atoms with E-state index >= 15 is 0 Å². The number of alkyl halides is 3. The highest BCUT2D eigenvalue weighted by atomic mass is 19.4. The molecule has 1 N–H and O–H groups in total. The number of methoxy groups -OCH3 is 1. The van der Waals surface area contributed by atoms with Gasteiger partial charge in [-0.1, -0.05) is 6.07 Å². The van der Waals surface area contributed by atoms with Crippen LogP contribution in [0.3, 0.4) is 0 Å². The Bertz CT molecular complexity index is 355. The predicted octanol–water partition coefficient (Wildman–Crippen LogP) is 2.69. The van der Waals surface area contributed by atoms with E-state index in [1.54, 1.807) is 25.4 Å². The summed E-state index contributed by atoms with van der Waals surface area (Å²) in [6.45, 7) is 0. The maximum absolute atomic E-state index is 12.2. The average Bonchev–Trinajstić information content (AvgIpc) is 2.29. The predicted molar refractivity (Wildman–Crippen MR) is 57.9 cm³/mol. The summed E-state index contributed by atoms with van der Waals surface area (Å²) >= 11 is 0. The molecule has 3 nitrogen and oxygen atoms in total. The van der Waals surface area contributed by atoms with Gasteiger partial charge >= 0.3 is 6.18 Å². The van der Waals surface area contributed by atoms with Gasteiger partial charge in [-0.3, -0.25) is 0 Å². The summed E-state index contributed by atoms with van der Waals surface area (Å²) in [7, 11) is 3.07. The van der Waals surface area contributed by atoms with Gasteiger partial charge in [-0.15, -0.1) is 0 Å². The van der Waals surface area contributed by atoms with Crippen LogP contribution < -0.4 is 10.1 Å². The highest BCUT2D eigenvalue weighted by Gasteiger charge is 2.29. The van der Waals surface area contributed by atoms with Crippen molar-refractivity contribution in [1.29, 1.82) is 0 Å². The number of aromatic nitrogens is 1. The van der Waals surface area contributed by atoms with Crippen molar-refractivity contribution in [3.63, 3.8) is 0 Å². The highest BCUT2D eigenvalue weighted by molar-refractivity contribution is 5.28. The second kappa shape index (κ2) is 5.86. The number of halogens is 3. The standard InChI is InChI=1S/C11H15F3N2O/c1-15-9(5-6-11(12,13)14)8-4-3-7-16-10(8)17-2/h3-4,7,9,15H,5-6H2,1-2H3. The fourth-order valence-corrected chi connectivity index (χ4v) is 1.60. The summed E-state index contributed by atoms with van der Waals surface area (Å²) in [4.78, 5) is 3.97. The molecule has 6 heteroatoms. The zero-order valence-electron chi connectivity index (χ0n) is 9.71. The highest BCUT2D eigenvalue weighted by Crippen LogP contribution is 2.30. The summed E-state index contributed by atoms with van der Waals surface area (Å²) in [5.74, 6) is 0.356. The number of ether oxygens (including phenoxy) is 1. The molecule has 1 unspecified atom stereocenters. The van der Waals surface area contributed by atoms with Gasteiger partial charge < -0.3 is 10.1 Å². The number of nitrogens with zero attached hydrogens (tertiary/aromatic N) is 1. The molecule has 1 heterocycles. The number of pyridine rings is 1. The summed E-state index contributed by atoms with van der Waals surface area (Å²) in [6.07, 6.45) is -3.48. The Morgan fingerprint density at radius 3 is 2.71 bits per heavy atom. The summed E-state index contributed by atoms with van der Waals surface area (Å²) in [6, 6.07) is 2.97. The zero-order valence-corrected chi connectivity index (χ0v) is 9.71. The Labute approximate surface area is 98.0 Å². The van der Waals surface area contributed by atoms with E-state index < -0.39 is 18.6 Å². The van der Waals surface area contributed by atoms with Crippen LogP contribution in [0.25, 0.3) is 0 Å². The second-order valence-electron chi connectivity index (χ2n) is 3.60. The molecule has 0 amide bonds. The third kappa shape index (κ3) is 4.22. The van der Waals surface area contributed by atoms with E-state index in [0.717, 1.165) is 0 Å². The van der Waals surface area contributed by atoms with Crippen LogP contribution in [-0.4, -0.2) is 25.3 Å². The first kappa shape index (κ1) is 13.8. The van der Waals surface area contributed by atoms with Crippen LogP contribution in [0.1, 0.15) is 24.4 Å². The lowest BCUT2D eigenvalue weighted by Gasteiger charge is -2.19. The zero-order chi connectivity index (χ0) is 12.9. The fraction of sp³-hybridized carbons (Fsp3) is 0.545. The largest absolute Gasteiger partial charge is 0.481 e. The monoisotopic (exact) mass is 248 g/mol. The normalized spacial score (nSPS) is 13.5. The summed E-state index contributed by atoms with van der Waals surface area (Å²) in [5.41, 5.74) is 0.641. The van der Waals surface area contributed by atoms with E-state index in [-0.39, 0.29) is 6.42 Å². The smallest absolute Gasteiger partial charge is 0.389 e. The lowest BCUT2D eigenvalue weighted by molar-refractivity contribution is -0.136. The minimum absolute atomic E-state index is 0.0396. The van der Waals surface area contributed by atoms with Gasteiger partial charge in [-0.25, -0.2) is 4.98 Å². The van der Waals surface area contributed by atoms with E-state index in [1.165, 1.54) is 7.11 Å². The molecule has 17 heavy (non-hydrogen) atoms. The van der Waals surface area contributed by atoms with Crippen molar-refractivity contribution < 1.29 is 17.9 Å². The molecule has 0 saturated heterocycles. The summed E-state index contributed by atoms with van der Waals surface area (Å²) < 4.78 is 41.6. The molecule has 0 aromatic carbocycles. The van der Waals surface area contributed by atoms with Gasteiger partial charge in [0.1, 0.15) is 0 Å². The van der Waals surface area contributed by atoms with Crippen molar-refractivity contribution >= 4 is 0 Å². The minimum Gasteiger partial charge on any atom is -0.481 e. The molecule has 0 aliphatic rings. The maximum Gasteiger partial charge on any atom is 0.389 e. The van der Waals surface area contributed by atoms with Crippen LogP contribution in [0.2, 0.25) is 0 Å². The average molecular weight is 248 g/mol. The third-order valence-corrected chi connectivity index (χ3v) is 2.43. The summed E-state index contributed by atoms with van der Waals surface area (Å²) in [5, 5.41) is 2.85. The molecule has 0 radical (unpaired) electrons. The molecule has 0 spiro atoms. The van der Waals surface area contributed by atoms with Crippen molar-refractivity contribution in [2.75, 3.05) is 14.2 Å². The van der Waals surface area contributed by atoms with Crippen molar-refractivity contribution in [1.82, 2.24) is 10.3 Å². The van der Waals surface area contributed by atoms with Gasteiger partial charge in [0.2, 0.25) is 5.88 Å². The fourth-order valence-electron chi connectivity index (χ4n) is 1.60. The minimum atomic E-state index is -4.15. The van der Waals surface area contributed by atoms with Crippen molar-refractivity contribution in [2.45, 2.75) is 25.1 Å². The SMILES string of the molecule is CNC(CCC(F)(F)F)c1cccnc1OC. The molecule has 1 rings (SSSR count). The maximum atomic E-state index is 12.2. The Hall–Kier alpha value is -1.30. The molecule has 0 fully saturated rings. The molecule has 0 saturated carbocycles. The Kier molecular flexibility index (Phi) is 4.74. The van der Waals surface area contributed by atoms with Crippen molar-refractivity contribution in [3.05, 3.63) is 23.9 Å². The van der Waals surface area contributed by atoms with Crippen LogP contribution in [0, 0.1) is 0 Å². The Morgan fingerprint density at radius 2 is 2.18 bits per heavy atom. The topological polar surface area (TPSA) is 34.2 Å². The van der Waals surface area contributed by atoms with Gasteiger partial charge in [0, 0.05) is 24.2 Å². The van der Waals surface area contributed by atoms with E-state index in [9.17, 15) is 13.2 Å². The van der Waals surface area contributed by atoms with Crippen LogP contribution >= 0.6 is 0 Å². The van der Waals surface area contributed by atoms with Gasteiger partial charge in [-0.2, -0.15) is 13.2 Å². The second-order valence-corrected chi connectivity index (χ2v) is 3.60. The molecule has 0 bridgehead atoms. The van der Waals surface area contributed by atoms with E-state index in [1.807, 2.05) is 0 Å². The first-order chi connectivity index (χ1) is 7.98. The molecule has 0 aliphatic heterocycles. The van der Waals surface area contributed by atoms with E-state index in [4.69, 9.17) is 4.74 Å². The van der Waals surface area contributed by atoms with Gasteiger partial charge in [0.25, 0.3) is 0 Å². The molecular formula is C11H15F3N2O. The molecule has 1 aromatic rings. The van der Waals surface area contributed by atoms with Gasteiger partial charge in [-0.05, 0) is 19.5 Å². The lowest BCUT2D eigenvalue weighted by atomic mass is 10.0. The van der Waals surface area contributed by atoms with Crippen molar-refractivity contribution in [2.24, 2.45) is 0 Å². The Balaban J connectivity index is 2.79. The molecular weight excluding hydrogens is 233 g/mol. The van der Waals surface area contributed by atoms with Crippen LogP contribution in [-0.2, 0) is 0 Å². The van der Waals surface area contributed by atoms with E-state index in [2.05, 4.69) is 10.3 Å². The number of hydrogen-bond acceptors (Lipinski definition) is 3. The van der Waals surface area contributed by atoms with Crippen LogP contribution in [0.15, 0.2) is 18.3 Å². The number of rotatable bonds is 5. The Morgan fingerprint density at radius 1 is 1.47 bits per heavy atom. The molecule has 1 aromatic heterocycles.